The van der Waals surface area contributed by atoms with Gasteiger partial charge < -0.3 is 10.6 Å². The summed E-state index contributed by atoms with van der Waals surface area (Å²) < 4.78 is 0. The molecule has 0 spiro atoms. The molecule has 0 aliphatic carbocycles. The fourth-order valence-corrected chi connectivity index (χ4v) is 4.04. The van der Waals surface area contributed by atoms with Crippen LogP contribution in [0.3, 0.4) is 0 Å². The maximum atomic E-state index is 13.0. The van der Waals surface area contributed by atoms with Crippen molar-refractivity contribution in [3.8, 4) is 11.3 Å². The molecule has 7 heteroatoms. The molecule has 1 aromatic carbocycles. The van der Waals surface area contributed by atoms with Crippen LogP contribution in [0.4, 0.5) is 0 Å². The maximum absolute atomic E-state index is 13.0. The van der Waals surface area contributed by atoms with Crippen LogP contribution in [0.25, 0.3) is 11.3 Å². The van der Waals surface area contributed by atoms with Crippen LogP contribution < -0.4 is 5.73 Å². The average molecular weight is 402 g/mol. The molecule has 2 heterocycles. The number of likely N-dealkylation sites (tertiary alicyclic amines) is 1. The summed E-state index contributed by atoms with van der Waals surface area (Å²) in [6, 6.07) is 10.1. The number of rotatable bonds is 3. The molecule has 138 valence electrons. The number of thiazole rings is 1. The number of carbonyl (C=O) groups is 1. The van der Waals surface area contributed by atoms with Crippen molar-refractivity contribution in [3.63, 3.8) is 0 Å². The second-order valence-corrected chi connectivity index (χ2v) is 7.49. The highest BCUT2D eigenvalue weighted by Gasteiger charge is 2.29. The lowest BCUT2D eigenvalue weighted by Crippen LogP contribution is -2.45. The summed E-state index contributed by atoms with van der Waals surface area (Å²) in [6.45, 7) is 5.55. The third-order valence-electron chi connectivity index (χ3n) is 4.46. The van der Waals surface area contributed by atoms with E-state index >= 15 is 0 Å². The van der Waals surface area contributed by atoms with E-state index in [1.165, 1.54) is 11.3 Å². The van der Waals surface area contributed by atoms with Gasteiger partial charge in [0.05, 0.1) is 10.7 Å². The number of carbonyl (C=O) groups excluding carboxylic acids is 1. The molecule has 1 saturated heterocycles. The molecule has 1 aliphatic heterocycles. The Labute approximate surface area is 165 Å². The standard InChI is InChI=1S/C18H23N3OS.2ClH/c1-12(19)15-9-6-10-21(11-15)18(22)17-16(20-13(2)23-17)14-7-4-3-5-8-14;;/h3-5,7-8,12,15H,6,9-11,19H2,1-2H3;2*1H. The molecule has 25 heavy (non-hydrogen) atoms. The molecule has 1 aliphatic rings. The van der Waals surface area contributed by atoms with Gasteiger partial charge in [-0.3, -0.25) is 4.79 Å². The van der Waals surface area contributed by atoms with Crippen LogP contribution in [-0.2, 0) is 0 Å². The molecule has 2 unspecified atom stereocenters. The number of halogens is 2. The normalized spacial score (nSPS) is 18.0. The van der Waals surface area contributed by atoms with Gasteiger partial charge >= 0.3 is 0 Å². The zero-order valence-electron chi connectivity index (χ0n) is 14.5. The van der Waals surface area contributed by atoms with Crippen LogP contribution in [0, 0.1) is 12.8 Å². The van der Waals surface area contributed by atoms with Crippen LogP contribution in [0.15, 0.2) is 30.3 Å². The molecular formula is C18H25Cl2N3OS. The predicted octanol–water partition coefficient (Wildman–Crippen LogP) is 4.16. The van der Waals surface area contributed by atoms with Crippen molar-refractivity contribution in [2.24, 2.45) is 11.7 Å². The molecule has 4 nitrogen and oxygen atoms in total. The van der Waals surface area contributed by atoms with Gasteiger partial charge in [0.25, 0.3) is 5.91 Å². The third kappa shape index (κ3) is 4.94. The van der Waals surface area contributed by atoms with Gasteiger partial charge in [-0.15, -0.1) is 36.2 Å². The van der Waals surface area contributed by atoms with Gasteiger partial charge in [0.2, 0.25) is 0 Å². The third-order valence-corrected chi connectivity index (χ3v) is 5.42. The van der Waals surface area contributed by atoms with Crippen molar-refractivity contribution in [2.45, 2.75) is 32.7 Å². The quantitative estimate of drug-likeness (QED) is 0.839. The highest BCUT2D eigenvalue weighted by Crippen LogP contribution is 2.30. The monoisotopic (exact) mass is 401 g/mol. The van der Waals surface area contributed by atoms with Crippen LogP contribution in [0.5, 0.6) is 0 Å². The molecule has 0 radical (unpaired) electrons. The largest absolute Gasteiger partial charge is 0.338 e. The zero-order chi connectivity index (χ0) is 16.4. The summed E-state index contributed by atoms with van der Waals surface area (Å²) >= 11 is 1.49. The lowest BCUT2D eigenvalue weighted by atomic mass is 9.92. The van der Waals surface area contributed by atoms with Gasteiger partial charge in [-0.2, -0.15) is 0 Å². The minimum absolute atomic E-state index is 0. The molecular weight excluding hydrogens is 377 g/mol. The van der Waals surface area contributed by atoms with Crippen molar-refractivity contribution < 1.29 is 4.79 Å². The Morgan fingerprint density at radius 1 is 1.32 bits per heavy atom. The number of nitrogens with zero attached hydrogens (tertiary/aromatic N) is 2. The number of piperidine rings is 1. The van der Waals surface area contributed by atoms with E-state index in [4.69, 9.17) is 5.73 Å². The number of aryl methyl sites for hydroxylation is 1. The summed E-state index contributed by atoms with van der Waals surface area (Å²) in [5.41, 5.74) is 7.85. The Hall–Kier alpha value is -1.14. The van der Waals surface area contributed by atoms with E-state index in [-0.39, 0.29) is 36.8 Å². The zero-order valence-corrected chi connectivity index (χ0v) is 16.9. The first-order chi connectivity index (χ1) is 11.1. The fraction of sp³-hybridized carbons (Fsp3) is 0.444. The molecule has 2 aromatic rings. The average Bonchev–Trinajstić information content (AvgIpc) is 2.97. The summed E-state index contributed by atoms with van der Waals surface area (Å²) in [4.78, 5) is 20.3. The number of benzene rings is 1. The Morgan fingerprint density at radius 2 is 2.00 bits per heavy atom. The molecule has 0 saturated carbocycles. The lowest BCUT2D eigenvalue weighted by Gasteiger charge is -2.34. The number of aromatic nitrogens is 1. The van der Waals surface area contributed by atoms with E-state index in [2.05, 4.69) is 4.98 Å². The number of hydrogen-bond acceptors (Lipinski definition) is 4. The summed E-state index contributed by atoms with van der Waals surface area (Å²) in [5.74, 6) is 0.488. The summed E-state index contributed by atoms with van der Waals surface area (Å²) in [7, 11) is 0. The number of amides is 1. The SMILES string of the molecule is Cc1nc(-c2ccccc2)c(C(=O)N2CCCC(C(C)N)C2)s1.Cl.Cl. The summed E-state index contributed by atoms with van der Waals surface area (Å²) in [6.07, 6.45) is 2.13. The minimum Gasteiger partial charge on any atom is -0.338 e. The Balaban J connectivity index is 0.00000156. The van der Waals surface area contributed by atoms with Gasteiger partial charge in [0.15, 0.2) is 0 Å². The first-order valence-corrected chi connectivity index (χ1v) is 8.95. The smallest absolute Gasteiger partial charge is 0.266 e. The highest BCUT2D eigenvalue weighted by molar-refractivity contribution is 7.14. The van der Waals surface area contributed by atoms with Crippen molar-refractivity contribution in [1.29, 1.82) is 0 Å². The minimum atomic E-state index is 0. The second kappa shape index (κ2) is 9.53. The molecule has 1 amide bonds. The molecule has 2 N–H and O–H groups in total. The van der Waals surface area contributed by atoms with Crippen molar-refractivity contribution in [2.75, 3.05) is 13.1 Å². The Morgan fingerprint density at radius 3 is 2.64 bits per heavy atom. The maximum Gasteiger partial charge on any atom is 0.266 e. The van der Waals surface area contributed by atoms with Crippen molar-refractivity contribution in [1.82, 2.24) is 9.88 Å². The molecule has 1 fully saturated rings. The van der Waals surface area contributed by atoms with Crippen LogP contribution in [0.1, 0.15) is 34.4 Å². The highest BCUT2D eigenvalue weighted by atomic mass is 35.5. The van der Waals surface area contributed by atoms with Gasteiger partial charge in [0, 0.05) is 24.7 Å². The van der Waals surface area contributed by atoms with Gasteiger partial charge in [0.1, 0.15) is 4.88 Å². The van der Waals surface area contributed by atoms with E-state index in [9.17, 15) is 4.79 Å². The van der Waals surface area contributed by atoms with Crippen molar-refractivity contribution >= 4 is 42.1 Å². The Kier molecular flexibility index (Phi) is 8.35. The van der Waals surface area contributed by atoms with Crippen LogP contribution in [-0.4, -0.2) is 34.9 Å². The predicted molar refractivity (Wildman–Crippen MR) is 109 cm³/mol. The topological polar surface area (TPSA) is 59.2 Å². The first kappa shape index (κ1) is 21.9. The fourth-order valence-electron chi connectivity index (χ4n) is 3.13. The van der Waals surface area contributed by atoms with E-state index < -0.39 is 0 Å². The van der Waals surface area contributed by atoms with Gasteiger partial charge in [-0.25, -0.2) is 4.98 Å². The Bertz CT molecular complexity index is 691. The van der Waals surface area contributed by atoms with Gasteiger partial charge in [-0.05, 0) is 32.6 Å². The van der Waals surface area contributed by atoms with E-state index in [1.54, 1.807) is 0 Å². The molecule has 1 aromatic heterocycles. The van der Waals surface area contributed by atoms with Crippen LogP contribution in [0.2, 0.25) is 0 Å². The number of hydrogen-bond donors (Lipinski definition) is 1. The van der Waals surface area contributed by atoms with Gasteiger partial charge in [-0.1, -0.05) is 30.3 Å². The number of nitrogens with two attached hydrogens (primary N) is 1. The van der Waals surface area contributed by atoms with E-state index in [0.717, 1.165) is 47.1 Å². The molecule has 2 atom stereocenters. The second-order valence-electron chi connectivity index (χ2n) is 6.29. The lowest BCUT2D eigenvalue weighted by molar-refractivity contribution is 0.0666. The van der Waals surface area contributed by atoms with E-state index in [1.807, 2.05) is 49.1 Å². The van der Waals surface area contributed by atoms with Crippen molar-refractivity contribution in [3.05, 3.63) is 40.2 Å². The summed E-state index contributed by atoms with van der Waals surface area (Å²) in [5, 5.41) is 0.924. The molecule has 0 bridgehead atoms. The van der Waals surface area contributed by atoms with Crippen LogP contribution >= 0.6 is 36.2 Å². The van der Waals surface area contributed by atoms with E-state index in [0.29, 0.717) is 5.92 Å². The first-order valence-electron chi connectivity index (χ1n) is 8.14. The molecule has 3 rings (SSSR count).